The van der Waals surface area contributed by atoms with Crippen LogP contribution < -0.4 is 0 Å². The van der Waals surface area contributed by atoms with E-state index in [1.807, 2.05) is 0 Å². The van der Waals surface area contributed by atoms with Crippen LogP contribution in [0.25, 0.3) is 0 Å². The summed E-state index contributed by atoms with van der Waals surface area (Å²) in [5.74, 6) is -0.969. The first-order chi connectivity index (χ1) is 31.0. The molecule has 0 fully saturated rings. The van der Waals surface area contributed by atoms with Gasteiger partial charge in [0.15, 0.2) is 6.10 Å². The summed E-state index contributed by atoms with van der Waals surface area (Å²) < 4.78 is 16.7. The summed E-state index contributed by atoms with van der Waals surface area (Å²) >= 11 is 0. The molecule has 0 radical (unpaired) electrons. The average Bonchev–Trinajstić information content (AvgIpc) is 3.28. The molecule has 0 aromatic rings. The Labute approximate surface area is 389 Å². The van der Waals surface area contributed by atoms with Crippen LogP contribution in [0.2, 0.25) is 0 Å². The number of hydrogen-bond acceptors (Lipinski definition) is 6. The van der Waals surface area contributed by atoms with Gasteiger partial charge >= 0.3 is 17.9 Å². The van der Waals surface area contributed by atoms with E-state index in [0.29, 0.717) is 25.7 Å². The van der Waals surface area contributed by atoms with Gasteiger partial charge < -0.3 is 14.2 Å². The monoisotopic (exact) mass is 879 g/mol. The topological polar surface area (TPSA) is 78.9 Å². The van der Waals surface area contributed by atoms with Crippen LogP contribution in [-0.4, -0.2) is 37.2 Å². The van der Waals surface area contributed by atoms with E-state index in [1.54, 1.807) is 0 Å². The lowest BCUT2D eigenvalue weighted by molar-refractivity contribution is -0.167. The zero-order valence-corrected chi connectivity index (χ0v) is 41.3. The Morgan fingerprint density at radius 3 is 1.02 bits per heavy atom. The van der Waals surface area contributed by atoms with Gasteiger partial charge in [-0.25, -0.2) is 0 Å². The van der Waals surface area contributed by atoms with E-state index in [1.165, 1.54) is 109 Å². The van der Waals surface area contributed by atoms with Gasteiger partial charge in [0, 0.05) is 19.3 Å². The van der Waals surface area contributed by atoms with Gasteiger partial charge in [0.05, 0.1) is 0 Å². The largest absolute Gasteiger partial charge is 0.462 e. The van der Waals surface area contributed by atoms with Gasteiger partial charge in [0.25, 0.3) is 0 Å². The fraction of sp³-hybridized carbons (Fsp3) is 0.737. The first kappa shape index (κ1) is 59.9. The van der Waals surface area contributed by atoms with E-state index in [0.717, 1.165) is 96.3 Å². The first-order valence-corrected chi connectivity index (χ1v) is 26.5. The van der Waals surface area contributed by atoms with Crippen LogP contribution in [0.15, 0.2) is 72.9 Å². The highest BCUT2D eigenvalue weighted by Crippen LogP contribution is 2.13. The summed E-state index contributed by atoms with van der Waals surface area (Å²) in [5, 5.41) is 0. The predicted molar refractivity (Wildman–Crippen MR) is 270 cm³/mol. The summed E-state index contributed by atoms with van der Waals surface area (Å²) in [6, 6.07) is 0. The normalized spacial score (nSPS) is 12.6. The lowest BCUT2D eigenvalue weighted by atomic mass is 10.1. The Balaban J connectivity index is 4.41. The minimum Gasteiger partial charge on any atom is -0.462 e. The maximum absolute atomic E-state index is 12.8. The number of esters is 3. The second kappa shape index (κ2) is 51.5. The lowest BCUT2D eigenvalue weighted by Gasteiger charge is -2.18. The molecule has 0 spiro atoms. The van der Waals surface area contributed by atoms with Crippen molar-refractivity contribution in [3.63, 3.8) is 0 Å². The molecule has 0 aliphatic rings. The van der Waals surface area contributed by atoms with Crippen molar-refractivity contribution >= 4 is 17.9 Å². The van der Waals surface area contributed by atoms with E-state index < -0.39 is 6.10 Å². The third-order valence-electron chi connectivity index (χ3n) is 11.2. The number of carbonyl (C=O) groups excluding carboxylic acids is 3. The second-order valence-corrected chi connectivity index (χ2v) is 17.5. The van der Waals surface area contributed by atoms with Gasteiger partial charge in [-0.05, 0) is 89.9 Å². The molecule has 0 saturated carbocycles. The van der Waals surface area contributed by atoms with E-state index in [2.05, 4.69) is 93.7 Å². The Kier molecular flexibility index (Phi) is 48.9. The molecule has 362 valence electrons. The Bertz CT molecular complexity index is 1190. The van der Waals surface area contributed by atoms with Gasteiger partial charge in [-0.1, -0.05) is 216 Å². The highest BCUT2D eigenvalue weighted by molar-refractivity contribution is 5.71. The van der Waals surface area contributed by atoms with Crippen molar-refractivity contribution in [1.82, 2.24) is 0 Å². The van der Waals surface area contributed by atoms with Crippen molar-refractivity contribution < 1.29 is 28.6 Å². The van der Waals surface area contributed by atoms with Crippen LogP contribution in [0.1, 0.15) is 252 Å². The minimum atomic E-state index is -0.802. The Morgan fingerprint density at radius 1 is 0.317 bits per heavy atom. The molecule has 0 N–H and O–H groups in total. The summed E-state index contributed by atoms with van der Waals surface area (Å²) in [6.45, 7) is 6.53. The van der Waals surface area contributed by atoms with E-state index in [-0.39, 0.29) is 31.1 Å². The van der Waals surface area contributed by atoms with Gasteiger partial charge in [0.2, 0.25) is 0 Å². The molecule has 0 saturated heterocycles. The van der Waals surface area contributed by atoms with Crippen molar-refractivity contribution in [1.29, 1.82) is 0 Å². The van der Waals surface area contributed by atoms with Crippen LogP contribution in [0.3, 0.4) is 0 Å². The van der Waals surface area contributed by atoms with Crippen molar-refractivity contribution in [3.05, 3.63) is 72.9 Å². The fourth-order valence-electron chi connectivity index (χ4n) is 7.20. The lowest BCUT2D eigenvalue weighted by Crippen LogP contribution is -2.30. The zero-order valence-electron chi connectivity index (χ0n) is 41.3. The molecule has 1 atom stereocenters. The molecule has 0 aliphatic heterocycles. The van der Waals surface area contributed by atoms with Crippen LogP contribution in [0.5, 0.6) is 0 Å². The van der Waals surface area contributed by atoms with E-state index >= 15 is 0 Å². The molecule has 0 aliphatic carbocycles. The van der Waals surface area contributed by atoms with Gasteiger partial charge in [0.1, 0.15) is 13.2 Å². The molecule has 6 heteroatoms. The first-order valence-electron chi connectivity index (χ1n) is 26.5. The number of allylic oxidation sites excluding steroid dienone is 12. The van der Waals surface area contributed by atoms with Gasteiger partial charge in [-0.15, -0.1) is 0 Å². The fourth-order valence-corrected chi connectivity index (χ4v) is 7.20. The summed E-state index contributed by atoms with van der Waals surface area (Å²) in [6.07, 6.45) is 64.7. The molecule has 0 aromatic heterocycles. The van der Waals surface area contributed by atoms with Crippen molar-refractivity contribution in [3.8, 4) is 0 Å². The number of unbranched alkanes of at least 4 members (excludes halogenated alkanes) is 27. The summed E-state index contributed by atoms with van der Waals surface area (Å²) in [4.78, 5) is 37.9. The number of rotatable bonds is 47. The molecule has 0 amide bonds. The smallest absolute Gasteiger partial charge is 0.306 e. The van der Waals surface area contributed by atoms with Crippen LogP contribution in [0.4, 0.5) is 0 Å². The molecule has 0 aromatic carbocycles. The van der Waals surface area contributed by atoms with Crippen molar-refractivity contribution in [2.24, 2.45) is 0 Å². The third kappa shape index (κ3) is 49.7. The highest BCUT2D eigenvalue weighted by Gasteiger charge is 2.19. The van der Waals surface area contributed by atoms with Gasteiger partial charge in [-0.3, -0.25) is 14.4 Å². The maximum atomic E-state index is 12.8. The number of carbonyl (C=O) groups is 3. The average molecular weight is 879 g/mol. The molecule has 6 nitrogen and oxygen atoms in total. The maximum Gasteiger partial charge on any atom is 0.306 e. The molecule has 1 unspecified atom stereocenters. The Hall–Kier alpha value is -3.15. The summed E-state index contributed by atoms with van der Waals surface area (Å²) in [7, 11) is 0. The molecule has 0 heterocycles. The third-order valence-corrected chi connectivity index (χ3v) is 11.2. The minimum absolute atomic E-state index is 0.101. The molecule has 0 bridgehead atoms. The zero-order chi connectivity index (χ0) is 45.8. The van der Waals surface area contributed by atoms with Crippen molar-refractivity contribution in [2.75, 3.05) is 13.2 Å². The number of ether oxygens (including phenoxy) is 3. The second-order valence-electron chi connectivity index (χ2n) is 17.5. The van der Waals surface area contributed by atoms with Crippen LogP contribution >= 0.6 is 0 Å². The van der Waals surface area contributed by atoms with Crippen molar-refractivity contribution in [2.45, 2.75) is 258 Å². The molecule has 63 heavy (non-hydrogen) atoms. The van der Waals surface area contributed by atoms with Crippen LogP contribution in [-0.2, 0) is 28.6 Å². The van der Waals surface area contributed by atoms with E-state index in [9.17, 15) is 14.4 Å². The van der Waals surface area contributed by atoms with Gasteiger partial charge in [-0.2, -0.15) is 0 Å². The molecule has 0 rings (SSSR count). The SMILES string of the molecule is CCCCCC/C=C\CCCC(=O)OCC(COC(=O)CCCCCCC\C=C/C=C\C=C/CCCCCCC)OC(=O)CCCCCCC/C=C\C=C/CCCCCCCCC. The molecular weight excluding hydrogens is 781 g/mol. The standard InChI is InChI=1S/C57H98O6/c1-4-7-10-13-16-19-21-23-25-27-29-31-33-35-38-41-44-47-50-56(59)62-53-54(52-61-55(58)49-46-43-40-37-18-15-12-9-6-3)63-57(60)51-48-45-42-39-36-34-32-30-28-26-24-22-20-17-14-11-8-5-2/h21,23,25-32,37,40,54H,4-20,22,24,33-36,38-39,41-53H2,1-3H3/b23-21-,27-25-,28-26-,31-29-,32-30-,40-37-. The summed E-state index contributed by atoms with van der Waals surface area (Å²) in [5.41, 5.74) is 0. The van der Waals surface area contributed by atoms with E-state index in [4.69, 9.17) is 14.2 Å². The highest BCUT2D eigenvalue weighted by atomic mass is 16.6. The van der Waals surface area contributed by atoms with Crippen LogP contribution in [0, 0.1) is 0 Å². The Morgan fingerprint density at radius 2 is 0.603 bits per heavy atom. The predicted octanol–water partition coefficient (Wildman–Crippen LogP) is 17.4. The number of hydrogen-bond donors (Lipinski definition) is 0. The quantitative estimate of drug-likeness (QED) is 0.0199. The molecular formula is C57H98O6.